The number of carbonyl (C=O) groups excluding carboxylic acids is 6. The van der Waals surface area contributed by atoms with Gasteiger partial charge >= 0.3 is 35.8 Å². The van der Waals surface area contributed by atoms with Crippen LogP contribution in [0.4, 0.5) is 0 Å². The van der Waals surface area contributed by atoms with Crippen molar-refractivity contribution in [3.63, 3.8) is 0 Å². The third kappa shape index (κ3) is 16.4. The second kappa shape index (κ2) is 32.8. The van der Waals surface area contributed by atoms with E-state index in [1.165, 1.54) is 57.2 Å². The molecule has 3 saturated heterocycles. The number of hydrogen-bond acceptors (Lipinski definition) is 33. The molecule has 6 heterocycles. The number of aliphatic hydroxyl groups is 12. The Balaban J connectivity index is 1.14. The van der Waals surface area contributed by atoms with Crippen molar-refractivity contribution in [2.75, 3.05) is 47.8 Å². The molecule has 21 atom stereocenters. The molecule has 33 heteroatoms. The van der Waals surface area contributed by atoms with Crippen LogP contribution < -0.4 is 9.47 Å². The third-order valence-corrected chi connectivity index (χ3v) is 15.9. The van der Waals surface area contributed by atoms with Crippen LogP contribution in [0.25, 0.3) is 0 Å². The summed E-state index contributed by atoms with van der Waals surface area (Å²) >= 11 is 0. The second-order valence-corrected chi connectivity index (χ2v) is 21.4. The van der Waals surface area contributed by atoms with Gasteiger partial charge in [-0.05, 0) is 38.5 Å². The predicted molar refractivity (Wildman–Crippen MR) is 297 cm³/mol. The topological polar surface area (TPSA) is 484 Å². The van der Waals surface area contributed by atoms with Crippen molar-refractivity contribution in [3.8, 4) is 11.5 Å². The fourth-order valence-electron chi connectivity index (χ4n) is 10.8. The zero-order valence-electron chi connectivity index (χ0n) is 50.4. The highest BCUT2D eigenvalue weighted by molar-refractivity contribution is 5.92. The van der Waals surface area contributed by atoms with Crippen molar-refractivity contribution >= 4 is 35.8 Å². The first-order chi connectivity index (χ1) is 43.9. The summed E-state index contributed by atoms with van der Waals surface area (Å²) in [5.74, 6) is -10.6. The Morgan fingerprint density at radius 1 is 0.446 bits per heavy atom. The van der Waals surface area contributed by atoms with Crippen molar-refractivity contribution in [3.05, 3.63) is 94.2 Å². The average Bonchev–Trinajstić information content (AvgIpc) is 0.823. The Morgan fingerprint density at radius 2 is 0.772 bits per heavy atom. The molecule has 6 aliphatic rings. The van der Waals surface area contributed by atoms with Crippen molar-refractivity contribution in [1.29, 1.82) is 0 Å². The zero-order valence-corrected chi connectivity index (χ0v) is 50.4. The van der Waals surface area contributed by atoms with E-state index >= 15 is 0 Å². The maximum absolute atomic E-state index is 14.4. The van der Waals surface area contributed by atoms with Gasteiger partial charge in [-0.2, -0.15) is 0 Å². The van der Waals surface area contributed by atoms with E-state index in [4.69, 9.17) is 71.1 Å². The summed E-state index contributed by atoms with van der Waals surface area (Å²) in [5, 5.41) is 124. The normalized spacial score (nSPS) is 35.2. The standard InChI is InChI=1S/C59H76O33/c1-7-25-28(31(51(75)78-4)21-82-54(25)90-57-48(72)45(69)42(66)36(18-60)87-57)15-39(63)81-13-12-24-10-11-34(85-40(64)16-29-26(8-2)55(83-22-32(29)52(76)79-5)91-58-49(73)46(70)43(67)37(19-61)88-58)35(14-24)86-41(65)17-30-27(9-3)56(84-23-33(30)53(77)80-6)92-59-50(74)47(71)44(68)38(20-62)89-59/h7-11,14,21-23,28-30,36-38,42-50,54-62,66-74H,12-13,15-20H2,1-6H3/b25-7-,26-8-,27-9-/t28-,29-,30-,36+,37+,38+,42+,43+,44+,45-,46-,47-,48+,49+,50+,54-,55-,56-,57-,58-,59-/m0/s1. The molecule has 3 fully saturated rings. The second-order valence-electron chi connectivity index (χ2n) is 21.4. The number of allylic oxidation sites excluding steroid dienone is 3. The lowest BCUT2D eigenvalue weighted by molar-refractivity contribution is -0.327. The smallest absolute Gasteiger partial charge is 0.337 e. The summed E-state index contributed by atoms with van der Waals surface area (Å²) in [6.45, 7) is 1.72. The van der Waals surface area contributed by atoms with Crippen LogP contribution in [0.5, 0.6) is 11.5 Å². The van der Waals surface area contributed by atoms with Crippen molar-refractivity contribution in [1.82, 2.24) is 0 Å². The van der Waals surface area contributed by atoms with Gasteiger partial charge in [-0.1, -0.05) is 24.3 Å². The monoisotopic (exact) mass is 1310 g/mol. The number of ether oxygens (including phenoxy) is 15. The first-order valence-corrected chi connectivity index (χ1v) is 28.8. The zero-order chi connectivity index (χ0) is 67.4. The quantitative estimate of drug-likeness (QED) is 0.0216. The molecule has 0 unspecified atom stereocenters. The molecule has 0 aliphatic carbocycles. The minimum atomic E-state index is -1.90. The van der Waals surface area contributed by atoms with Gasteiger partial charge in [-0.15, -0.1) is 0 Å². The van der Waals surface area contributed by atoms with E-state index in [0.717, 1.165) is 40.1 Å². The van der Waals surface area contributed by atoms with Crippen LogP contribution in [0.15, 0.2) is 88.7 Å². The molecule has 6 aliphatic heterocycles. The fourth-order valence-corrected chi connectivity index (χ4v) is 10.8. The van der Waals surface area contributed by atoms with E-state index in [1.54, 1.807) is 0 Å². The van der Waals surface area contributed by atoms with Gasteiger partial charge in [0, 0.05) is 40.9 Å². The van der Waals surface area contributed by atoms with Crippen molar-refractivity contribution in [2.24, 2.45) is 17.8 Å². The average molecular weight is 1310 g/mol. The Bertz CT molecular complexity index is 2970. The van der Waals surface area contributed by atoms with Crippen LogP contribution >= 0.6 is 0 Å². The Morgan fingerprint density at radius 3 is 1.09 bits per heavy atom. The molecule has 12 N–H and O–H groups in total. The minimum absolute atomic E-state index is 0.0388. The number of aliphatic hydroxyl groups excluding tert-OH is 12. The molecular weight excluding hydrogens is 1240 g/mol. The molecule has 33 nitrogen and oxygen atoms in total. The molecule has 1 aromatic rings. The third-order valence-electron chi connectivity index (χ3n) is 15.9. The molecule has 0 aromatic heterocycles. The predicted octanol–water partition coefficient (Wildman–Crippen LogP) is -3.87. The van der Waals surface area contributed by atoms with Crippen LogP contribution in [0, 0.1) is 17.8 Å². The molecule has 92 heavy (non-hydrogen) atoms. The first-order valence-electron chi connectivity index (χ1n) is 28.8. The lowest BCUT2D eigenvalue weighted by Gasteiger charge is -2.42. The summed E-state index contributed by atoms with van der Waals surface area (Å²) < 4.78 is 83.3. The van der Waals surface area contributed by atoms with Gasteiger partial charge in [0.2, 0.25) is 18.9 Å². The van der Waals surface area contributed by atoms with Gasteiger partial charge in [0.05, 0.1) is 103 Å². The van der Waals surface area contributed by atoms with Gasteiger partial charge in [0.1, 0.15) is 73.2 Å². The lowest BCUT2D eigenvalue weighted by atomic mass is 9.86. The molecule has 0 saturated carbocycles. The van der Waals surface area contributed by atoms with E-state index < -0.39 is 222 Å². The summed E-state index contributed by atoms with van der Waals surface area (Å²) in [4.78, 5) is 81.9. The number of methoxy groups -OCH3 is 3. The largest absolute Gasteiger partial charge is 0.468 e. The maximum atomic E-state index is 14.4. The SMILES string of the molecule is C/C=C1\[C@H](O[C@@H]2O[C@H](CO)[C@@H](O)[C@H](O)[C@H]2O)OC=C(C(=O)OC)[C@H]1CC(=O)OCCc1ccc(OC(=O)C[C@@H]2C(C(=O)OC)=CO[C@@H](O[C@@H]3O[C@H](CO)[C@@H](O)[C@H](O)[C@H]3O)/C2=C\C)c(OC(=O)C[C@@H]2C(C(=O)OC)=CO[C@@H](O[C@@H]3O[C@H](CO)[C@@H](O)[C@H](O)[C@H]3O)/C2=C\C)c1. The van der Waals surface area contributed by atoms with Crippen LogP contribution in [0.3, 0.4) is 0 Å². The number of hydrogen-bond donors (Lipinski definition) is 12. The summed E-state index contributed by atoms with van der Waals surface area (Å²) in [7, 11) is 3.18. The van der Waals surface area contributed by atoms with Gasteiger partial charge in [-0.3, -0.25) is 14.4 Å². The first kappa shape index (κ1) is 72.6. The van der Waals surface area contributed by atoms with Gasteiger partial charge in [0.25, 0.3) is 0 Å². The molecule has 0 bridgehead atoms. The highest BCUT2D eigenvalue weighted by Gasteiger charge is 2.51. The molecule has 0 amide bonds. The van der Waals surface area contributed by atoms with Gasteiger partial charge in [0.15, 0.2) is 30.4 Å². The van der Waals surface area contributed by atoms with Crippen molar-refractivity contribution < 1.29 is 161 Å². The lowest BCUT2D eigenvalue weighted by Crippen LogP contribution is -2.60. The van der Waals surface area contributed by atoms with Crippen LogP contribution in [-0.4, -0.2) is 256 Å². The van der Waals surface area contributed by atoms with Gasteiger partial charge in [-0.25, -0.2) is 14.4 Å². The number of esters is 6. The molecule has 0 spiro atoms. The van der Waals surface area contributed by atoms with Crippen LogP contribution in [0.1, 0.15) is 45.6 Å². The summed E-state index contributed by atoms with van der Waals surface area (Å²) in [6.07, 6.45) is -25.4. The minimum Gasteiger partial charge on any atom is -0.468 e. The summed E-state index contributed by atoms with van der Waals surface area (Å²) in [6, 6.07) is 3.84. The highest BCUT2D eigenvalue weighted by atomic mass is 16.8. The summed E-state index contributed by atoms with van der Waals surface area (Å²) in [5.41, 5.74) is -0.164. The molecule has 7 rings (SSSR count). The highest BCUT2D eigenvalue weighted by Crippen LogP contribution is 2.41. The Kier molecular flexibility index (Phi) is 25.9. The van der Waals surface area contributed by atoms with Crippen LogP contribution in [-0.2, 0) is 96.8 Å². The van der Waals surface area contributed by atoms with E-state index in [1.807, 2.05) is 0 Å². The van der Waals surface area contributed by atoms with Crippen LogP contribution in [0.2, 0.25) is 0 Å². The van der Waals surface area contributed by atoms with Gasteiger partial charge < -0.3 is 132 Å². The van der Waals surface area contributed by atoms with Crippen molar-refractivity contribution in [2.45, 2.75) is 157 Å². The maximum Gasteiger partial charge on any atom is 0.337 e. The van der Waals surface area contributed by atoms with E-state index in [-0.39, 0.29) is 45.4 Å². The fraction of sp³-hybridized carbons (Fsp3) is 0.593. The number of carbonyl (C=O) groups is 6. The number of rotatable bonds is 23. The van der Waals surface area contributed by atoms with E-state index in [0.29, 0.717) is 0 Å². The molecule has 1 aromatic carbocycles. The Hall–Kier alpha value is -6.84. The van der Waals surface area contributed by atoms with E-state index in [9.17, 15) is 90.0 Å². The molecule has 510 valence electrons. The molecule has 0 radical (unpaired) electrons. The Labute approximate surface area is 524 Å². The van der Waals surface area contributed by atoms with E-state index in [2.05, 4.69) is 0 Å². The molecular formula is C59H76O33. The number of benzene rings is 1.